The molecule has 0 atom stereocenters. The topological polar surface area (TPSA) is 110 Å². The van der Waals surface area contributed by atoms with E-state index in [1.165, 1.54) is 5.39 Å². The number of H-pyrrole nitrogens is 1. The summed E-state index contributed by atoms with van der Waals surface area (Å²) in [5.41, 5.74) is 4.23. The molecule has 4 heterocycles. The summed E-state index contributed by atoms with van der Waals surface area (Å²) in [7, 11) is 0. The number of aromatic nitrogens is 4. The van der Waals surface area contributed by atoms with Crippen LogP contribution in [0.5, 0.6) is 0 Å². The van der Waals surface area contributed by atoms with E-state index in [0.29, 0.717) is 37.0 Å². The molecule has 3 aromatic heterocycles. The molecule has 0 unspecified atom stereocenters. The summed E-state index contributed by atoms with van der Waals surface area (Å²) in [6.45, 7) is 3.57. The van der Waals surface area contributed by atoms with Crippen LogP contribution in [0.4, 0.5) is 11.6 Å². The zero-order valence-electron chi connectivity index (χ0n) is 19.3. The number of nitrogens with zero attached hydrogens (tertiary/aromatic N) is 5. The van der Waals surface area contributed by atoms with Crippen LogP contribution < -0.4 is 5.32 Å². The van der Waals surface area contributed by atoms with Crippen LogP contribution in [0.1, 0.15) is 21.6 Å². The Bertz CT molecular complexity index is 1310. The molecule has 1 fully saturated rings. The lowest BCUT2D eigenvalue weighted by atomic mass is 10.1. The fourth-order valence-corrected chi connectivity index (χ4v) is 4.13. The first-order valence-corrected chi connectivity index (χ1v) is 11.6. The molecule has 1 aromatic carbocycles. The Balaban J connectivity index is 1.18. The van der Waals surface area contributed by atoms with E-state index in [2.05, 4.69) is 48.4 Å². The van der Waals surface area contributed by atoms with Gasteiger partial charge in [-0.15, -0.1) is 0 Å². The van der Waals surface area contributed by atoms with Crippen molar-refractivity contribution in [3.63, 3.8) is 0 Å². The van der Waals surface area contributed by atoms with Gasteiger partial charge in [0.1, 0.15) is 5.69 Å². The Morgan fingerprint density at radius 2 is 1.83 bits per heavy atom. The van der Waals surface area contributed by atoms with Crippen LogP contribution in [0.2, 0.25) is 0 Å². The van der Waals surface area contributed by atoms with Gasteiger partial charge in [0.05, 0.1) is 18.5 Å². The highest BCUT2D eigenvalue weighted by molar-refractivity contribution is 5.93. The van der Waals surface area contributed by atoms with Gasteiger partial charge in [-0.05, 0) is 29.8 Å². The summed E-state index contributed by atoms with van der Waals surface area (Å²) in [5, 5.41) is 13.3. The third-order valence-electron chi connectivity index (χ3n) is 6.07. The molecular formula is C26H27N7O2. The van der Waals surface area contributed by atoms with Gasteiger partial charge in [0.25, 0.3) is 5.91 Å². The van der Waals surface area contributed by atoms with Crippen LogP contribution >= 0.6 is 0 Å². The van der Waals surface area contributed by atoms with Gasteiger partial charge < -0.3 is 20.3 Å². The number of pyridine rings is 1. The average Bonchev–Trinajstić information content (AvgIpc) is 3.39. The van der Waals surface area contributed by atoms with Gasteiger partial charge >= 0.3 is 0 Å². The van der Waals surface area contributed by atoms with Gasteiger partial charge in [-0.3, -0.25) is 9.69 Å². The predicted molar refractivity (Wildman–Crippen MR) is 136 cm³/mol. The monoisotopic (exact) mass is 469 g/mol. The van der Waals surface area contributed by atoms with E-state index in [9.17, 15) is 4.79 Å². The number of nitrogens with one attached hydrogen (secondary N) is 2. The van der Waals surface area contributed by atoms with Gasteiger partial charge in [-0.1, -0.05) is 24.3 Å². The van der Waals surface area contributed by atoms with Gasteiger partial charge in [-0.2, -0.15) is 0 Å². The van der Waals surface area contributed by atoms with E-state index in [1.54, 1.807) is 35.6 Å². The number of carbonyl (C=O) groups excluding carboxylic acids is 1. The van der Waals surface area contributed by atoms with Crippen LogP contribution in [0, 0.1) is 0 Å². The third kappa shape index (κ3) is 5.37. The maximum absolute atomic E-state index is 12.7. The molecule has 9 nitrogen and oxygen atoms in total. The van der Waals surface area contributed by atoms with Crippen molar-refractivity contribution in [1.82, 2.24) is 29.7 Å². The minimum Gasteiger partial charge on any atom is -0.395 e. The molecule has 0 aliphatic carbocycles. The molecule has 1 amide bonds. The van der Waals surface area contributed by atoms with Crippen molar-refractivity contribution >= 4 is 40.6 Å². The van der Waals surface area contributed by atoms with Gasteiger partial charge in [0.2, 0.25) is 5.95 Å². The first-order valence-electron chi connectivity index (χ1n) is 11.6. The maximum Gasteiger partial charge on any atom is 0.272 e. The van der Waals surface area contributed by atoms with E-state index in [4.69, 9.17) is 5.11 Å². The lowest BCUT2D eigenvalue weighted by Crippen LogP contribution is -2.49. The second kappa shape index (κ2) is 10.5. The van der Waals surface area contributed by atoms with E-state index < -0.39 is 0 Å². The minimum atomic E-state index is -0.0806. The minimum absolute atomic E-state index is 0.0806. The zero-order valence-corrected chi connectivity index (χ0v) is 19.3. The zero-order chi connectivity index (χ0) is 24.0. The van der Waals surface area contributed by atoms with E-state index >= 15 is 0 Å². The van der Waals surface area contributed by atoms with E-state index in [-0.39, 0.29) is 12.5 Å². The molecule has 1 aliphatic heterocycles. The normalized spacial score (nSPS) is 14.6. The van der Waals surface area contributed by atoms with Crippen LogP contribution in [0.15, 0.2) is 61.2 Å². The SMILES string of the molecule is O=C(c1ccc(Nc2ncc(C=Cc3cccc4[nH]ccc34)cn2)cn1)N1CCN(CCO)CC1. The van der Waals surface area contributed by atoms with Crippen LogP contribution in [-0.4, -0.2) is 80.1 Å². The average molecular weight is 470 g/mol. The van der Waals surface area contributed by atoms with Crippen molar-refractivity contribution in [2.45, 2.75) is 0 Å². The maximum atomic E-state index is 12.7. The van der Waals surface area contributed by atoms with Crippen LogP contribution in [-0.2, 0) is 0 Å². The highest BCUT2D eigenvalue weighted by Gasteiger charge is 2.22. The summed E-state index contributed by atoms with van der Waals surface area (Å²) < 4.78 is 0. The number of piperazine rings is 1. The number of β-amino-alcohol motifs (C(OH)–C–C–N with tert-alkyl or cyclic N) is 1. The summed E-state index contributed by atoms with van der Waals surface area (Å²) in [5.74, 6) is 0.374. The standard InChI is InChI=1S/C26H27N7O2/c34-15-14-32-10-12-33(13-11-32)25(35)24-7-6-21(18-28-24)31-26-29-16-19(17-30-26)4-5-20-2-1-3-23-22(20)8-9-27-23/h1-9,16-18,27,34H,10-15H2,(H,29,30,31). The second-order valence-electron chi connectivity index (χ2n) is 8.37. The molecule has 178 valence electrons. The predicted octanol–water partition coefficient (Wildman–Crippen LogP) is 3.02. The highest BCUT2D eigenvalue weighted by Crippen LogP contribution is 2.20. The molecule has 35 heavy (non-hydrogen) atoms. The number of anilines is 2. The van der Waals surface area contributed by atoms with Gasteiger partial charge in [0, 0.05) is 67.8 Å². The molecule has 0 saturated carbocycles. The largest absolute Gasteiger partial charge is 0.395 e. The number of amides is 1. The number of hydrogen-bond donors (Lipinski definition) is 3. The molecule has 1 aliphatic rings. The lowest BCUT2D eigenvalue weighted by Gasteiger charge is -2.34. The number of aromatic amines is 1. The number of aliphatic hydroxyl groups is 1. The molecule has 3 N–H and O–H groups in total. The Hall–Kier alpha value is -4.08. The summed E-state index contributed by atoms with van der Waals surface area (Å²) in [4.78, 5) is 33.0. The molecule has 0 spiro atoms. The van der Waals surface area contributed by atoms with Crippen LogP contribution in [0.3, 0.4) is 0 Å². The molecule has 5 rings (SSSR count). The summed E-state index contributed by atoms with van der Waals surface area (Å²) in [6, 6.07) is 11.7. The number of carbonyl (C=O) groups is 1. The smallest absolute Gasteiger partial charge is 0.272 e. The van der Waals surface area contributed by atoms with E-state index in [0.717, 1.165) is 29.7 Å². The fraction of sp³-hybridized carbons (Fsp3) is 0.231. The molecule has 0 bridgehead atoms. The number of benzene rings is 1. The first kappa shape index (κ1) is 22.7. The van der Waals surface area contributed by atoms with E-state index in [1.807, 2.05) is 24.4 Å². The van der Waals surface area contributed by atoms with Crippen molar-refractivity contribution in [1.29, 1.82) is 0 Å². The number of fused-ring (bicyclic) bond motifs is 1. The van der Waals surface area contributed by atoms with Gasteiger partial charge in [0.15, 0.2) is 0 Å². The molecular weight excluding hydrogens is 442 g/mol. The molecule has 9 heteroatoms. The number of aliphatic hydroxyl groups excluding tert-OH is 1. The molecule has 1 saturated heterocycles. The van der Waals surface area contributed by atoms with Gasteiger partial charge in [-0.25, -0.2) is 15.0 Å². The first-order chi connectivity index (χ1) is 17.2. The van der Waals surface area contributed by atoms with Crippen molar-refractivity contribution in [2.24, 2.45) is 0 Å². The number of hydrogen-bond acceptors (Lipinski definition) is 7. The summed E-state index contributed by atoms with van der Waals surface area (Å²) >= 11 is 0. The van der Waals surface area contributed by atoms with Crippen molar-refractivity contribution < 1.29 is 9.90 Å². The van der Waals surface area contributed by atoms with Crippen molar-refractivity contribution in [3.05, 3.63) is 78.0 Å². The molecule has 0 radical (unpaired) electrons. The Kier molecular flexibility index (Phi) is 6.78. The van der Waals surface area contributed by atoms with Crippen molar-refractivity contribution in [3.8, 4) is 0 Å². The Morgan fingerprint density at radius 3 is 2.57 bits per heavy atom. The fourth-order valence-electron chi connectivity index (χ4n) is 4.13. The highest BCUT2D eigenvalue weighted by atomic mass is 16.3. The lowest BCUT2D eigenvalue weighted by molar-refractivity contribution is 0.0609. The third-order valence-corrected chi connectivity index (χ3v) is 6.07. The molecule has 4 aromatic rings. The van der Waals surface area contributed by atoms with Crippen molar-refractivity contribution in [2.75, 3.05) is 44.6 Å². The summed E-state index contributed by atoms with van der Waals surface area (Å²) in [6.07, 6.45) is 11.1. The quantitative estimate of drug-likeness (QED) is 0.382. The Labute approximate surface area is 203 Å². The van der Waals surface area contributed by atoms with Crippen LogP contribution in [0.25, 0.3) is 23.1 Å². The number of rotatable bonds is 7. The second-order valence-corrected chi connectivity index (χ2v) is 8.37. The Morgan fingerprint density at radius 1 is 1.00 bits per heavy atom.